The molecule has 0 aliphatic carbocycles. The van der Waals surface area contributed by atoms with Crippen LogP contribution in [-0.4, -0.2) is 27.2 Å². The second-order valence-electron chi connectivity index (χ2n) is 5.68. The lowest BCUT2D eigenvalue weighted by molar-refractivity contribution is -0.116. The van der Waals surface area contributed by atoms with Gasteiger partial charge >= 0.3 is 0 Å². The molecule has 0 spiro atoms. The van der Waals surface area contributed by atoms with Gasteiger partial charge in [0.15, 0.2) is 0 Å². The fourth-order valence-electron chi connectivity index (χ4n) is 2.42. The number of carbonyl (C=O) groups excluding carboxylic acids is 1. The molecule has 1 amide bonds. The van der Waals surface area contributed by atoms with E-state index in [1.807, 2.05) is 6.92 Å². The molecule has 2 rings (SSSR count). The highest BCUT2D eigenvalue weighted by Crippen LogP contribution is 2.25. The lowest BCUT2D eigenvalue weighted by Crippen LogP contribution is -2.30. The Morgan fingerprint density at radius 1 is 1.15 bits per heavy atom. The monoisotopic (exact) mass is 380 g/mol. The number of para-hydroxylation sites is 2. The molecule has 0 aliphatic heterocycles. The first kappa shape index (κ1) is 19.9. The first-order valence-corrected chi connectivity index (χ1v) is 9.92. The van der Waals surface area contributed by atoms with E-state index in [4.69, 9.17) is 4.74 Å². The van der Waals surface area contributed by atoms with Gasteiger partial charge in [0, 0.05) is 6.42 Å². The van der Waals surface area contributed by atoms with Crippen LogP contribution in [0.4, 0.5) is 10.1 Å². The van der Waals surface area contributed by atoms with Gasteiger partial charge in [0.1, 0.15) is 11.6 Å². The van der Waals surface area contributed by atoms with Crippen LogP contribution in [0.3, 0.4) is 0 Å². The minimum absolute atomic E-state index is 0.154. The number of sulfonamides is 1. The Morgan fingerprint density at radius 3 is 2.42 bits per heavy atom. The predicted octanol–water partition coefficient (Wildman–Crippen LogP) is 2.84. The Hall–Kier alpha value is -2.45. The topological polar surface area (TPSA) is 84.5 Å². The molecule has 6 nitrogen and oxygen atoms in total. The maximum atomic E-state index is 13.1. The van der Waals surface area contributed by atoms with Crippen LogP contribution in [0.5, 0.6) is 5.75 Å². The number of ether oxygens (including phenoxy) is 1. The summed E-state index contributed by atoms with van der Waals surface area (Å²) in [5.41, 5.74) is 0.988. The number of halogens is 1. The quantitative estimate of drug-likeness (QED) is 0.738. The van der Waals surface area contributed by atoms with Gasteiger partial charge in [-0.3, -0.25) is 4.79 Å². The van der Waals surface area contributed by atoms with Gasteiger partial charge in [-0.2, -0.15) is 0 Å². The molecular formula is C18H21FN2O4S. The molecule has 140 valence electrons. The first-order chi connectivity index (χ1) is 12.3. The SMILES string of the molecule is CCOc1ccccc1NC(=O)CC(NS(C)(=O)=O)c1ccc(F)cc1. The van der Waals surface area contributed by atoms with Crippen molar-refractivity contribution in [2.45, 2.75) is 19.4 Å². The molecule has 26 heavy (non-hydrogen) atoms. The van der Waals surface area contributed by atoms with E-state index in [0.717, 1.165) is 6.26 Å². The maximum absolute atomic E-state index is 13.1. The molecule has 1 unspecified atom stereocenters. The number of amides is 1. The molecular weight excluding hydrogens is 359 g/mol. The Bertz CT molecular complexity index is 854. The van der Waals surface area contributed by atoms with Gasteiger partial charge in [0.05, 0.1) is 24.6 Å². The van der Waals surface area contributed by atoms with E-state index in [1.165, 1.54) is 24.3 Å². The lowest BCUT2D eigenvalue weighted by atomic mass is 10.0. The highest BCUT2D eigenvalue weighted by Gasteiger charge is 2.20. The van der Waals surface area contributed by atoms with Crippen molar-refractivity contribution >= 4 is 21.6 Å². The molecule has 0 saturated carbocycles. The second-order valence-corrected chi connectivity index (χ2v) is 7.46. The third-order valence-corrected chi connectivity index (χ3v) is 4.19. The number of nitrogens with one attached hydrogen (secondary N) is 2. The van der Waals surface area contributed by atoms with Gasteiger partial charge in [-0.15, -0.1) is 0 Å². The summed E-state index contributed by atoms with van der Waals surface area (Å²) in [5, 5.41) is 2.72. The average molecular weight is 380 g/mol. The van der Waals surface area contributed by atoms with Gasteiger partial charge < -0.3 is 10.1 Å². The molecule has 2 aromatic carbocycles. The van der Waals surface area contributed by atoms with Gasteiger partial charge in [0.25, 0.3) is 0 Å². The minimum Gasteiger partial charge on any atom is -0.492 e. The van der Waals surface area contributed by atoms with Gasteiger partial charge in [0.2, 0.25) is 15.9 Å². The highest BCUT2D eigenvalue weighted by atomic mass is 32.2. The van der Waals surface area contributed by atoms with Gasteiger partial charge in [-0.05, 0) is 36.8 Å². The maximum Gasteiger partial charge on any atom is 0.226 e. The van der Waals surface area contributed by atoms with Crippen molar-refractivity contribution in [2.75, 3.05) is 18.2 Å². The van der Waals surface area contributed by atoms with Crippen molar-refractivity contribution in [3.8, 4) is 5.75 Å². The second kappa shape index (κ2) is 8.77. The van der Waals surface area contributed by atoms with Crippen LogP contribution in [0.1, 0.15) is 24.9 Å². The molecule has 0 radical (unpaired) electrons. The van der Waals surface area contributed by atoms with Crippen molar-refractivity contribution < 1.29 is 22.3 Å². The van der Waals surface area contributed by atoms with E-state index >= 15 is 0 Å². The van der Waals surface area contributed by atoms with Crippen LogP contribution in [-0.2, 0) is 14.8 Å². The lowest BCUT2D eigenvalue weighted by Gasteiger charge is -2.18. The smallest absolute Gasteiger partial charge is 0.226 e. The summed E-state index contributed by atoms with van der Waals surface area (Å²) in [6, 6.07) is 11.5. The van der Waals surface area contributed by atoms with Crippen LogP contribution < -0.4 is 14.8 Å². The van der Waals surface area contributed by atoms with Crippen molar-refractivity contribution in [3.63, 3.8) is 0 Å². The van der Waals surface area contributed by atoms with E-state index in [-0.39, 0.29) is 6.42 Å². The highest BCUT2D eigenvalue weighted by molar-refractivity contribution is 7.88. The van der Waals surface area contributed by atoms with Crippen LogP contribution in [0.25, 0.3) is 0 Å². The van der Waals surface area contributed by atoms with E-state index < -0.39 is 27.8 Å². The zero-order chi connectivity index (χ0) is 19.2. The number of hydrogen-bond donors (Lipinski definition) is 2. The Morgan fingerprint density at radius 2 is 1.81 bits per heavy atom. The van der Waals surface area contributed by atoms with Gasteiger partial charge in [-0.1, -0.05) is 24.3 Å². The van der Waals surface area contributed by atoms with E-state index in [9.17, 15) is 17.6 Å². The van der Waals surface area contributed by atoms with Crippen LogP contribution >= 0.6 is 0 Å². The predicted molar refractivity (Wildman–Crippen MR) is 98.0 cm³/mol. The Labute approximate surface area is 152 Å². The molecule has 8 heteroatoms. The summed E-state index contributed by atoms with van der Waals surface area (Å²) in [4.78, 5) is 12.4. The molecule has 2 N–H and O–H groups in total. The number of rotatable bonds is 8. The largest absolute Gasteiger partial charge is 0.492 e. The molecule has 2 aromatic rings. The third kappa shape index (κ3) is 6.12. The fourth-order valence-corrected chi connectivity index (χ4v) is 3.16. The van der Waals surface area contributed by atoms with Crippen molar-refractivity contribution in [1.82, 2.24) is 4.72 Å². The normalized spacial score (nSPS) is 12.4. The van der Waals surface area contributed by atoms with Crippen molar-refractivity contribution in [1.29, 1.82) is 0 Å². The molecule has 0 heterocycles. The van der Waals surface area contributed by atoms with Crippen LogP contribution in [0.2, 0.25) is 0 Å². The number of hydrogen-bond acceptors (Lipinski definition) is 4. The first-order valence-electron chi connectivity index (χ1n) is 8.03. The van der Waals surface area contributed by atoms with E-state index in [1.54, 1.807) is 24.3 Å². The van der Waals surface area contributed by atoms with Crippen LogP contribution in [0, 0.1) is 5.82 Å². The molecule has 0 aromatic heterocycles. The third-order valence-electron chi connectivity index (χ3n) is 3.48. The minimum atomic E-state index is -3.57. The zero-order valence-corrected chi connectivity index (χ0v) is 15.3. The average Bonchev–Trinajstić information content (AvgIpc) is 2.56. The standard InChI is InChI=1S/C18H21FN2O4S/c1-3-25-17-7-5-4-6-15(17)20-18(22)12-16(21-26(2,23)24)13-8-10-14(19)11-9-13/h4-11,16,21H,3,12H2,1-2H3,(H,20,22). The summed E-state index contributed by atoms with van der Waals surface area (Å²) in [5.74, 6) is -0.317. The van der Waals surface area contributed by atoms with Gasteiger partial charge in [-0.25, -0.2) is 17.5 Å². The van der Waals surface area contributed by atoms with Crippen LogP contribution in [0.15, 0.2) is 48.5 Å². The Kier molecular flexibility index (Phi) is 6.70. The molecule has 0 aliphatic rings. The van der Waals surface area contributed by atoms with Crippen molar-refractivity contribution in [3.05, 3.63) is 59.9 Å². The van der Waals surface area contributed by atoms with E-state index in [2.05, 4.69) is 10.0 Å². The number of benzene rings is 2. The summed E-state index contributed by atoms with van der Waals surface area (Å²) >= 11 is 0. The molecule has 0 saturated heterocycles. The summed E-state index contributed by atoms with van der Waals surface area (Å²) in [6.07, 6.45) is 0.852. The van der Waals surface area contributed by atoms with Crippen molar-refractivity contribution in [2.24, 2.45) is 0 Å². The number of carbonyl (C=O) groups is 1. The molecule has 0 bridgehead atoms. The number of anilines is 1. The summed E-state index contributed by atoms with van der Waals surface area (Å²) in [7, 11) is -3.57. The van der Waals surface area contributed by atoms with E-state index in [0.29, 0.717) is 23.6 Å². The fraction of sp³-hybridized carbons (Fsp3) is 0.278. The summed E-state index contributed by atoms with van der Waals surface area (Å²) in [6.45, 7) is 2.28. The molecule has 0 fully saturated rings. The Balaban J connectivity index is 2.17. The molecule has 1 atom stereocenters. The summed E-state index contributed by atoms with van der Waals surface area (Å²) < 4.78 is 44.2. The zero-order valence-electron chi connectivity index (χ0n) is 14.5.